The third-order valence-electron chi connectivity index (χ3n) is 2.94. The first-order chi connectivity index (χ1) is 9.12. The highest BCUT2D eigenvalue weighted by atomic mass is 32.2. The number of hydrazine groups is 1. The number of rotatable bonds is 4. The number of anilines is 2. The minimum absolute atomic E-state index is 0.00338. The van der Waals surface area contributed by atoms with Crippen molar-refractivity contribution in [2.75, 3.05) is 29.7 Å². The van der Waals surface area contributed by atoms with Crippen LogP contribution in [0.1, 0.15) is 13.3 Å². The predicted octanol–water partition coefficient (Wildman–Crippen LogP) is 0.199. The molecule has 4 N–H and O–H groups in total. The second kappa shape index (κ2) is 6.07. The molecule has 0 bridgehead atoms. The van der Waals surface area contributed by atoms with Gasteiger partial charge in [0.05, 0.1) is 0 Å². The molecular weight excluding hydrogens is 264 g/mol. The third kappa shape index (κ3) is 3.48. The maximum atomic E-state index is 11.1. The number of nitrogens with zero attached hydrogens (tertiary/aromatic N) is 3. The molecule has 1 saturated heterocycles. The van der Waals surface area contributed by atoms with Crippen LogP contribution in [0.4, 0.5) is 11.6 Å². The number of amides is 1. The van der Waals surface area contributed by atoms with Gasteiger partial charge in [-0.25, -0.2) is 15.8 Å². The molecule has 0 aliphatic carbocycles. The van der Waals surface area contributed by atoms with Crippen LogP contribution >= 0.6 is 11.8 Å². The monoisotopic (exact) mass is 282 g/mol. The molecule has 8 heteroatoms. The summed E-state index contributed by atoms with van der Waals surface area (Å²) in [7, 11) is 0. The molecule has 1 fully saturated rings. The standard InChI is InChI=1S/C11H18N6OS/c1-7(18)13-8-3-4-17(6-8)10-5-9(16-12)14-11(15-10)19-2/h5,8H,3-4,6,12H2,1-2H3,(H,13,18)(H,14,15,16). The van der Waals surface area contributed by atoms with Gasteiger partial charge in [0.1, 0.15) is 11.6 Å². The van der Waals surface area contributed by atoms with Crippen LogP contribution in [0.15, 0.2) is 11.2 Å². The number of hydrogen-bond donors (Lipinski definition) is 3. The summed E-state index contributed by atoms with van der Waals surface area (Å²) in [6.07, 6.45) is 2.84. The van der Waals surface area contributed by atoms with Crippen molar-refractivity contribution in [3.8, 4) is 0 Å². The van der Waals surface area contributed by atoms with E-state index in [1.54, 1.807) is 0 Å². The molecule has 1 aromatic heterocycles. The van der Waals surface area contributed by atoms with Crippen LogP contribution in [0.3, 0.4) is 0 Å². The molecule has 1 aromatic rings. The summed E-state index contributed by atoms with van der Waals surface area (Å²) in [6, 6.07) is 2.00. The minimum Gasteiger partial charge on any atom is -0.354 e. The van der Waals surface area contributed by atoms with E-state index in [1.165, 1.54) is 18.7 Å². The van der Waals surface area contributed by atoms with E-state index in [1.807, 2.05) is 12.3 Å². The number of thioether (sulfide) groups is 1. The normalized spacial score (nSPS) is 18.5. The molecule has 0 spiro atoms. The first-order valence-corrected chi connectivity index (χ1v) is 7.26. The second-order valence-electron chi connectivity index (χ2n) is 4.37. The van der Waals surface area contributed by atoms with Gasteiger partial charge in [-0.3, -0.25) is 4.79 Å². The lowest BCUT2D eigenvalue weighted by Crippen LogP contribution is -2.35. The number of aromatic nitrogens is 2. The Hall–Kier alpha value is -1.54. The highest BCUT2D eigenvalue weighted by Crippen LogP contribution is 2.23. The Morgan fingerprint density at radius 2 is 2.37 bits per heavy atom. The highest BCUT2D eigenvalue weighted by molar-refractivity contribution is 7.98. The lowest BCUT2D eigenvalue weighted by Gasteiger charge is -2.18. The van der Waals surface area contributed by atoms with E-state index < -0.39 is 0 Å². The third-order valence-corrected chi connectivity index (χ3v) is 3.49. The summed E-state index contributed by atoms with van der Waals surface area (Å²) in [5.41, 5.74) is 2.55. The first-order valence-electron chi connectivity index (χ1n) is 6.04. The average Bonchev–Trinajstić information content (AvgIpc) is 2.85. The van der Waals surface area contributed by atoms with Gasteiger partial charge in [-0.05, 0) is 12.7 Å². The van der Waals surface area contributed by atoms with Gasteiger partial charge in [-0.2, -0.15) is 0 Å². The summed E-state index contributed by atoms with van der Waals surface area (Å²) in [5, 5.41) is 3.60. The van der Waals surface area contributed by atoms with Crippen molar-refractivity contribution in [2.24, 2.45) is 5.84 Å². The fraction of sp³-hybridized carbons (Fsp3) is 0.545. The molecule has 0 saturated carbocycles. The van der Waals surface area contributed by atoms with E-state index in [4.69, 9.17) is 5.84 Å². The molecule has 104 valence electrons. The summed E-state index contributed by atoms with van der Waals surface area (Å²) in [6.45, 7) is 3.16. The maximum absolute atomic E-state index is 11.1. The van der Waals surface area contributed by atoms with Gasteiger partial charge in [-0.1, -0.05) is 11.8 Å². The summed E-state index contributed by atoms with van der Waals surface area (Å²) >= 11 is 1.47. The molecule has 1 aliphatic rings. The van der Waals surface area contributed by atoms with Gasteiger partial charge < -0.3 is 15.6 Å². The predicted molar refractivity (Wildman–Crippen MR) is 76.1 cm³/mol. The molecule has 7 nitrogen and oxygen atoms in total. The van der Waals surface area contributed by atoms with Crippen molar-refractivity contribution in [3.63, 3.8) is 0 Å². The van der Waals surface area contributed by atoms with E-state index in [-0.39, 0.29) is 11.9 Å². The number of nitrogens with one attached hydrogen (secondary N) is 2. The SMILES string of the molecule is CSc1nc(NN)cc(N2CCC(NC(C)=O)C2)n1. The molecule has 0 radical (unpaired) electrons. The largest absolute Gasteiger partial charge is 0.354 e. The van der Waals surface area contributed by atoms with Crippen LogP contribution in [0.2, 0.25) is 0 Å². The minimum atomic E-state index is 0.00338. The van der Waals surface area contributed by atoms with Crippen molar-refractivity contribution in [2.45, 2.75) is 24.5 Å². The van der Waals surface area contributed by atoms with E-state index in [0.29, 0.717) is 11.0 Å². The van der Waals surface area contributed by atoms with Crippen LogP contribution < -0.4 is 21.5 Å². The van der Waals surface area contributed by atoms with Crippen molar-refractivity contribution in [3.05, 3.63) is 6.07 Å². The van der Waals surface area contributed by atoms with Gasteiger partial charge in [0.2, 0.25) is 5.91 Å². The van der Waals surface area contributed by atoms with Crippen molar-refractivity contribution >= 4 is 29.3 Å². The summed E-state index contributed by atoms with van der Waals surface area (Å²) in [5.74, 6) is 6.84. The Morgan fingerprint density at radius 3 is 3.00 bits per heavy atom. The lowest BCUT2D eigenvalue weighted by molar-refractivity contribution is -0.119. The molecular formula is C11H18N6OS. The van der Waals surface area contributed by atoms with Gasteiger partial charge in [-0.15, -0.1) is 0 Å². The van der Waals surface area contributed by atoms with E-state index >= 15 is 0 Å². The van der Waals surface area contributed by atoms with Gasteiger partial charge in [0, 0.05) is 32.1 Å². The smallest absolute Gasteiger partial charge is 0.217 e. The van der Waals surface area contributed by atoms with Crippen LogP contribution in [-0.4, -0.2) is 41.3 Å². The molecule has 1 amide bonds. The van der Waals surface area contributed by atoms with E-state index in [9.17, 15) is 4.79 Å². The molecule has 1 aliphatic heterocycles. The molecule has 2 heterocycles. The molecule has 1 atom stereocenters. The second-order valence-corrected chi connectivity index (χ2v) is 5.15. The number of nitrogens with two attached hydrogens (primary N) is 1. The van der Waals surface area contributed by atoms with Crippen LogP contribution in [0.5, 0.6) is 0 Å². The number of carbonyl (C=O) groups excluding carboxylic acids is 1. The van der Waals surface area contributed by atoms with Crippen LogP contribution in [-0.2, 0) is 4.79 Å². The van der Waals surface area contributed by atoms with E-state index in [2.05, 4.69) is 25.6 Å². The molecule has 19 heavy (non-hydrogen) atoms. The van der Waals surface area contributed by atoms with Gasteiger partial charge >= 0.3 is 0 Å². The Labute approximate surface area is 116 Å². The maximum Gasteiger partial charge on any atom is 0.217 e. The van der Waals surface area contributed by atoms with Crippen LogP contribution in [0, 0.1) is 0 Å². The molecule has 2 rings (SSSR count). The van der Waals surface area contributed by atoms with Crippen molar-refractivity contribution in [1.29, 1.82) is 0 Å². The zero-order valence-electron chi connectivity index (χ0n) is 11.0. The van der Waals surface area contributed by atoms with Crippen molar-refractivity contribution < 1.29 is 4.79 Å². The lowest BCUT2D eigenvalue weighted by atomic mass is 10.3. The van der Waals surface area contributed by atoms with Crippen molar-refractivity contribution in [1.82, 2.24) is 15.3 Å². The number of carbonyl (C=O) groups is 1. The van der Waals surface area contributed by atoms with Crippen LogP contribution in [0.25, 0.3) is 0 Å². The van der Waals surface area contributed by atoms with Gasteiger partial charge in [0.15, 0.2) is 5.16 Å². The topological polar surface area (TPSA) is 96.2 Å². The fourth-order valence-corrected chi connectivity index (χ4v) is 2.49. The number of hydrogen-bond acceptors (Lipinski definition) is 7. The Morgan fingerprint density at radius 1 is 1.58 bits per heavy atom. The average molecular weight is 282 g/mol. The Bertz CT molecular complexity index is 446. The van der Waals surface area contributed by atoms with E-state index in [0.717, 1.165) is 25.3 Å². The zero-order valence-corrected chi connectivity index (χ0v) is 11.8. The number of nitrogen functional groups attached to an aromatic ring is 1. The fourth-order valence-electron chi connectivity index (χ4n) is 2.11. The zero-order chi connectivity index (χ0) is 13.8. The molecule has 0 aromatic carbocycles. The first kappa shape index (κ1) is 13.9. The summed E-state index contributed by atoms with van der Waals surface area (Å²) < 4.78 is 0. The quantitative estimate of drug-likeness (QED) is 0.314. The Balaban J connectivity index is 2.12. The molecule has 1 unspecified atom stereocenters. The Kier molecular flexibility index (Phi) is 4.43. The summed E-state index contributed by atoms with van der Waals surface area (Å²) in [4.78, 5) is 21.9. The highest BCUT2D eigenvalue weighted by Gasteiger charge is 2.24. The van der Waals surface area contributed by atoms with Gasteiger partial charge in [0.25, 0.3) is 0 Å².